The number of rotatable bonds is 48. The Kier molecular flexibility index (Phi) is 52.5. The van der Waals surface area contributed by atoms with Gasteiger partial charge in [0.2, 0.25) is 0 Å². The lowest BCUT2D eigenvalue weighted by Crippen LogP contribution is -2.30. The van der Waals surface area contributed by atoms with Gasteiger partial charge in [-0.25, -0.2) is 0 Å². The van der Waals surface area contributed by atoms with Crippen LogP contribution in [0.5, 0.6) is 0 Å². The van der Waals surface area contributed by atoms with Crippen molar-refractivity contribution >= 4 is 11.9 Å². The summed E-state index contributed by atoms with van der Waals surface area (Å²) in [6, 6.07) is 0. The first kappa shape index (κ1) is 62.3. The van der Waals surface area contributed by atoms with Crippen molar-refractivity contribution in [1.29, 1.82) is 0 Å². The maximum atomic E-state index is 12.8. The largest absolute Gasteiger partial charge is 0.462 e. The Morgan fingerprint density at radius 1 is 0.348 bits per heavy atom. The summed E-state index contributed by atoms with van der Waals surface area (Å²) in [5, 5.41) is 0. The van der Waals surface area contributed by atoms with Gasteiger partial charge in [-0.1, -0.05) is 239 Å². The smallest absolute Gasteiger partial charge is 0.306 e. The molecule has 0 amide bonds. The van der Waals surface area contributed by atoms with Gasteiger partial charge in [-0.05, 0) is 96.3 Å². The molecule has 5 heteroatoms. The van der Waals surface area contributed by atoms with Gasteiger partial charge >= 0.3 is 11.9 Å². The standard InChI is InChI=1S/C61H100O5/c1-4-7-10-13-16-19-22-25-28-30-31-32-34-37-40-43-46-49-52-55-61(63)66-59(57-64-56-53-50-47-44-41-38-35-29-26-23-20-17-14-11-8-5-2)58-65-60(62)54-51-48-45-42-39-36-33-27-24-21-18-15-12-9-6-3/h7,9-10,12,16,18-19,21,25,27-28,31-33,37,39-40,42,46,49,59H,4-6,8,11,13-15,17,20,22-24,26,29-30,34-36,38,41,43-45,47-48,50-58H2,1-3H3/b10-7-,12-9-,19-16-,21-18-,28-25-,32-31-,33-27-,40-37-,42-39-,49-46-/t59-/m1/s1. The minimum absolute atomic E-state index is 0.0281. The molecule has 374 valence electrons. The van der Waals surface area contributed by atoms with E-state index in [0.29, 0.717) is 19.4 Å². The molecule has 1 atom stereocenters. The zero-order valence-electron chi connectivity index (χ0n) is 42.9. The lowest BCUT2D eigenvalue weighted by atomic mass is 10.0. The molecule has 0 saturated heterocycles. The molecule has 0 aliphatic rings. The lowest BCUT2D eigenvalue weighted by molar-refractivity contribution is -0.162. The quantitative estimate of drug-likeness (QED) is 0.0346. The Labute approximate surface area is 407 Å². The molecular weight excluding hydrogens is 813 g/mol. The molecule has 0 N–H and O–H groups in total. The molecule has 0 unspecified atom stereocenters. The maximum absolute atomic E-state index is 12.8. The minimum atomic E-state index is -0.600. The number of carbonyl (C=O) groups excluding carboxylic acids is 2. The summed E-state index contributed by atoms with van der Waals surface area (Å²) >= 11 is 0. The summed E-state index contributed by atoms with van der Waals surface area (Å²) in [6.45, 7) is 7.48. The normalized spacial score (nSPS) is 13.2. The molecule has 0 bridgehead atoms. The van der Waals surface area contributed by atoms with Crippen molar-refractivity contribution in [2.45, 2.75) is 232 Å². The average Bonchev–Trinajstić information content (AvgIpc) is 3.32. The maximum Gasteiger partial charge on any atom is 0.306 e. The zero-order valence-corrected chi connectivity index (χ0v) is 42.9. The van der Waals surface area contributed by atoms with E-state index in [-0.39, 0.29) is 31.6 Å². The third-order valence-corrected chi connectivity index (χ3v) is 11.0. The lowest BCUT2D eigenvalue weighted by Gasteiger charge is -2.18. The van der Waals surface area contributed by atoms with Crippen LogP contribution in [0.2, 0.25) is 0 Å². The summed E-state index contributed by atoms with van der Waals surface area (Å²) in [5.74, 6) is -0.545. The van der Waals surface area contributed by atoms with Crippen LogP contribution in [0, 0.1) is 0 Å². The third kappa shape index (κ3) is 52.9. The molecule has 0 aliphatic heterocycles. The van der Waals surface area contributed by atoms with Crippen molar-refractivity contribution < 1.29 is 23.8 Å². The van der Waals surface area contributed by atoms with Crippen LogP contribution in [-0.4, -0.2) is 37.9 Å². The number of ether oxygens (including phenoxy) is 3. The van der Waals surface area contributed by atoms with Crippen molar-refractivity contribution in [3.05, 3.63) is 122 Å². The van der Waals surface area contributed by atoms with E-state index in [4.69, 9.17) is 14.2 Å². The van der Waals surface area contributed by atoms with Crippen LogP contribution in [0.4, 0.5) is 0 Å². The van der Waals surface area contributed by atoms with E-state index >= 15 is 0 Å². The number of hydrogen-bond donors (Lipinski definition) is 0. The molecule has 66 heavy (non-hydrogen) atoms. The Hall–Kier alpha value is -3.70. The minimum Gasteiger partial charge on any atom is -0.462 e. The highest BCUT2D eigenvalue weighted by atomic mass is 16.6. The summed E-state index contributed by atoms with van der Waals surface area (Å²) in [4.78, 5) is 25.4. The van der Waals surface area contributed by atoms with Crippen molar-refractivity contribution in [2.24, 2.45) is 0 Å². The van der Waals surface area contributed by atoms with Gasteiger partial charge < -0.3 is 14.2 Å². The SMILES string of the molecule is CC/C=C\C/C=C\C/C=C\C/C=C\C/C=C\C/C=C\CCC(=O)O[C@H](COCCCCCCCCCCCCCCCCCC)COC(=O)CCCC/C=C\C/C=C\C/C=C\C/C=C\CC. The Balaban J connectivity index is 4.47. The van der Waals surface area contributed by atoms with E-state index in [1.807, 2.05) is 6.08 Å². The molecule has 0 aliphatic carbocycles. The number of esters is 2. The van der Waals surface area contributed by atoms with E-state index in [9.17, 15) is 9.59 Å². The Morgan fingerprint density at radius 2 is 0.712 bits per heavy atom. The summed E-state index contributed by atoms with van der Waals surface area (Å²) in [7, 11) is 0. The van der Waals surface area contributed by atoms with Gasteiger partial charge in [-0.3, -0.25) is 9.59 Å². The molecule has 5 nitrogen and oxygen atoms in total. The molecule has 0 rings (SSSR count). The Bertz CT molecular complexity index is 1350. The van der Waals surface area contributed by atoms with E-state index in [1.54, 1.807) is 0 Å². The number of unbranched alkanes of at least 4 members (excludes halogenated alkanes) is 17. The number of hydrogen-bond acceptors (Lipinski definition) is 5. The molecule has 0 radical (unpaired) electrons. The highest BCUT2D eigenvalue weighted by molar-refractivity contribution is 5.70. The van der Waals surface area contributed by atoms with Gasteiger partial charge in [0.05, 0.1) is 6.61 Å². The van der Waals surface area contributed by atoms with Crippen molar-refractivity contribution in [1.82, 2.24) is 0 Å². The molecule has 0 aromatic heterocycles. The van der Waals surface area contributed by atoms with Crippen LogP contribution >= 0.6 is 0 Å². The van der Waals surface area contributed by atoms with E-state index in [0.717, 1.165) is 96.3 Å². The third-order valence-electron chi connectivity index (χ3n) is 11.0. The van der Waals surface area contributed by atoms with Gasteiger partial charge in [0.25, 0.3) is 0 Å². The summed E-state index contributed by atoms with van der Waals surface area (Å²) in [5.41, 5.74) is 0. The highest BCUT2D eigenvalue weighted by Crippen LogP contribution is 2.14. The first-order valence-corrected chi connectivity index (χ1v) is 27.1. The monoisotopic (exact) mass is 913 g/mol. The Morgan fingerprint density at radius 3 is 1.12 bits per heavy atom. The number of carbonyl (C=O) groups is 2. The second-order valence-electron chi connectivity index (χ2n) is 17.4. The van der Waals surface area contributed by atoms with Gasteiger partial charge in [0.1, 0.15) is 6.61 Å². The fraction of sp³-hybridized carbons (Fsp3) is 0.639. The molecule has 0 aromatic rings. The van der Waals surface area contributed by atoms with E-state index in [1.165, 1.54) is 89.9 Å². The average molecular weight is 913 g/mol. The van der Waals surface area contributed by atoms with Crippen LogP contribution in [0.15, 0.2) is 122 Å². The molecule has 0 aromatic carbocycles. The first-order chi connectivity index (χ1) is 32.6. The highest BCUT2D eigenvalue weighted by Gasteiger charge is 2.17. The molecule has 0 saturated carbocycles. The summed E-state index contributed by atoms with van der Waals surface area (Å²) < 4.78 is 17.3. The fourth-order valence-electron chi connectivity index (χ4n) is 7.06. The first-order valence-electron chi connectivity index (χ1n) is 27.1. The molecule has 0 spiro atoms. The van der Waals surface area contributed by atoms with E-state index < -0.39 is 6.10 Å². The van der Waals surface area contributed by atoms with Gasteiger partial charge in [0, 0.05) is 19.4 Å². The van der Waals surface area contributed by atoms with Crippen LogP contribution in [0.1, 0.15) is 226 Å². The second kappa shape index (κ2) is 55.6. The topological polar surface area (TPSA) is 61.8 Å². The predicted molar refractivity (Wildman–Crippen MR) is 288 cm³/mol. The van der Waals surface area contributed by atoms with Crippen LogP contribution in [0.3, 0.4) is 0 Å². The van der Waals surface area contributed by atoms with Crippen molar-refractivity contribution in [3.8, 4) is 0 Å². The van der Waals surface area contributed by atoms with Gasteiger partial charge in [0.15, 0.2) is 6.10 Å². The molecule has 0 heterocycles. The fourth-order valence-corrected chi connectivity index (χ4v) is 7.06. The van der Waals surface area contributed by atoms with Crippen molar-refractivity contribution in [3.63, 3.8) is 0 Å². The predicted octanol–water partition coefficient (Wildman–Crippen LogP) is 18.6. The van der Waals surface area contributed by atoms with E-state index in [2.05, 4.69) is 136 Å². The second-order valence-corrected chi connectivity index (χ2v) is 17.4. The zero-order chi connectivity index (χ0) is 47.7. The number of allylic oxidation sites excluding steroid dienone is 20. The van der Waals surface area contributed by atoms with Gasteiger partial charge in [-0.15, -0.1) is 0 Å². The van der Waals surface area contributed by atoms with Crippen molar-refractivity contribution in [2.75, 3.05) is 19.8 Å². The molecular formula is C61H100O5. The summed E-state index contributed by atoms with van der Waals surface area (Å²) in [6.07, 6.45) is 78.0. The molecule has 0 fully saturated rings. The van der Waals surface area contributed by atoms with Gasteiger partial charge in [-0.2, -0.15) is 0 Å². The van der Waals surface area contributed by atoms with Crippen LogP contribution < -0.4 is 0 Å². The van der Waals surface area contributed by atoms with Crippen LogP contribution in [-0.2, 0) is 23.8 Å². The van der Waals surface area contributed by atoms with Crippen LogP contribution in [0.25, 0.3) is 0 Å².